The van der Waals surface area contributed by atoms with Gasteiger partial charge in [0.05, 0.1) is 5.56 Å². The number of carbonyl (C=O) groups excluding carboxylic acids is 1. The van der Waals surface area contributed by atoms with Crippen LogP contribution >= 0.6 is 0 Å². The van der Waals surface area contributed by atoms with Gasteiger partial charge in [-0.1, -0.05) is 0 Å². The minimum Gasteiger partial charge on any atom is -0.342 e. The Morgan fingerprint density at radius 1 is 1.25 bits per heavy atom. The molecular formula is C11H12F3NO. The maximum atomic E-state index is 12.3. The molecule has 1 rings (SSSR count). The van der Waals surface area contributed by atoms with Crippen molar-refractivity contribution in [1.82, 2.24) is 4.90 Å². The van der Waals surface area contributed by atoms with E-state index in [9.17, 15) is 18.0 Å². The molecule has 0 bridgehead atoms. The van der Waals surface area contributed by atoms with Crippen LogP contribution in [0.4, 0.5) is 13.2 Å². The molecule has 2 nitrogen and oxygen atoms in total. The Hall–Kier alpha value is -1.52. The zero-order chi connectivity index (χ0) is 12.3. The maximum Gasteiger partial charge on any atom is 0.416 e. The highest BCUT2D eigenvalue weighted by atomic mass is 19.4. The van der Waals surface area contributed by atoms with Crippen molar-refractivity contribution in [2.24, 2.45) is 0 Å². The number of hydrogen-bond acceptors (Lipinski definition) is 1. The molecule has 1 aromatic carbocycles. The fourth-order valence-electron chi connectivity index (χ4n) is 1.17. The van der Waals surface area contributed by atoms with Gasteiger partial charge in [0.1, 0.15) is 0 Å². The summed E-state index contributed by atoms with van der Waals surface area (Å²) < 4.78 is 36.8. The largest absolute Gasteiger partial charge is 0.416 e. The lowest BCUT2D eigenvalue weighted by Gasteiger charge is -2.14. The first kappa shape index (κ1) is 12.5. The lowest BCUT2D eigenvalue weighted by atomic mass is 10.1. The molecule has 0 saturated heterocycles. The van der Waals surface area contributed by atoms with E-state index in [1.54, 1.807) is 14.0 Å². The first-order valence-electron chi connectivity index (χ1n) is 4.79. The second-order valence-corrected chi connectivity index (χ2v) is 3.39. The third kappa shape index (κ3) is 2.74. The Bertz CT molecular complexity index is 370. The Labute approximate surface area is 91.7 Å². The van der Waals surface area contributed by atoms with Gasteiger partial charge >= 0.3 is 6.18 Å². The highest BCUT2D eigenvalue weighted by molar-refractivity contribution is 5.94. The number of alkyl halides is 3. The van der Waals surface area contributed by atoms with Crippen molar-refractivity contribution < 1.29 is 18.0 Å². The number of halogens is 3. The molecule has 88 valence electrons. The standard InChI is InChI=1S/C11H12F3NO/c1-3-15(2)10(16)8-4-6-9(7-5-8)11(12,13)14/h4-7H,3H2,1-2H3. The molecule has 5 heteroatoms. The number of benzene rings is 1. The van der Waals surface area contributed by atoms with Crippen LogP contribution in [0, 0.1) is 0 Å². The van der Waals surface area contributed by atoms with Crippen LogP contribution in [-0.4, -0.2) is 24.4 Å². The van der Waals surface area contributed by atoms with Crippen LogP contribution in [0.2, 0.25) is 0 Å². The smallest absolute Gasteiger partial charge is 0.342 e. The van der Waals surface area contributed by atoms with E-state index in [1.807, 2.05) is 0 Å². The predicted octanol–water partition coefficient (Wildman–Crippen LogP) is 2.80. The van der Waals surface area contributed by atoms with Gasteiger partial charge in [-0.3, -0.25) is 4.79 Å². The van der Waals surface area contributed by atoms with Crippen molar-refractivity contribution in [3.63, 3.8) is 0 Å². The van der Waals surface area contributed by atoms with Crippen molar-refractivity contribution in [3.8, 4) is 0 Å². The fourth-order valence-corrected chi connectivity index (χ4v) is 1.17. The van der Waals surface area contributed by atoms with Crippen LogP contribution < -0.4 is 0 Å². The molecule has 0 spiro atoms. The summed E-state index contributed by atoms with van der Waals surface area (Å²) >= 11 is 0. The summed E-state index contributed by atoms with van der Waals surface area (Å²) in [5.74, 6) is -0.281. The van der Waals surface area contributed by atoms with Crippen molar-refractivity contribution in [2.75, 3.05) is 13.6 Å². The van der Waals surface area contributed by atoms with Crippen LogP contribution in [0.25, 0.3) is 0 Å². The molecule has 1 amide bonds. The SMILES string of the molecule is CCN(C)C(=O)c1ccc(C(F)(F)F)cc1. The van der Waals surface area contributed by atoms with Crippen molar-refractivity contribution in [1.29, 1.82) is 0 Å². The summed E-state index contributed by atoms with van der Waals surface area (Å²) in [5.41, 5.74) is -0.486. The third-order valence-electron chi connectivity index (χ3n) is 2.28. The van der Waals surface area contributed by atoms with Gasteiger partial charge in [0, 0.05) is 19.2 Å². The molecule has 0 aliphatic rings. The normalized spacial score (nSPS) is 11.3. The first-order valence-corrected chi connectivity index (χ1v) is 4.79. The quantitative estimate of drug-likeness (QED) is 0.766. The van der Waals surface area contributed by atoms with Gasteiger partial charge < -0.3 is 4.90 Å². The van der Waals surface area contributed by atoms with Crippen LogP contribution in [-0.2, 0) is 6.18 Å². The van der Waals surface area contributed by atoms with E-state index in [1.165, 1.54) is 17.0 Å². The van der Waals surface area contributed by atoms with Crippen LogP contribution in [0.1, 0.15) is 22.8 Å². The summed E-state index contributed by atoms with van der Waals surface area (Å²) in [5, 5.41) is 0. The average Bonchev–Trinajstić information content (AvgIpc) is 2.26. The van der Waals surface area contributed by atoms with Crippen molar-refractivity contribution in [3.05, 3.63) is 35.4 Å². The second kappa shape index (κ2) is 4.55. The lowest BCUT2D eigenvalue weighted by Crippen LogP contribution is -2.26. The Morgan fingerprint density at radius 3 is 2.12 bits per heavy atom. The molecule has 0 aliphatic carbocycles. The van der Waals surface area contributed by atoms with E-state index in [-0.39, 0.29) is 11.5 Å². The summed E-state index contributed by atoms with van der Waals surface area (Å²) in [6, 6.07) is 4.21. The minimum absolute atomic E-state index is 0.261. The zero-order valence-corrected chi connectivity index (χ0v) is 9.01. The van der Waals surface area contributed by atoms with Gasteiger partial charge in [-0.25, -0.2) is 0 Å². The molecule has 0 atom stereocenters. The second-order valence-electron chi connectivity index (χ2n) is 3.39. The lowest BCUT2D eigenvalue weighted by molar-refractivity contribution is -0.137. The molecule has 1 aromatic rings. The van der Waals surface area contributed by atoms with Crippen LogP contribution in [0.15, 0.2) is 24.3 Å². The first-order chi connectivity index (χ1) is 7.36. The summed E-state index contributed by atoms with van der Waals surface area (Å²) in [6.45, 7) is 2.31. The highest BCUT2D eigenvalue weighted by Gasteiger charge is 2.30. The zero-order valence-electron chi connectivity index (χ0n) is 9.01. The summed E-state index contributed by atoms with van der Waals surface area (Å²) in [6.07, 6.45) is -4.36. The third-order valence-corrected chi connectivity index (χ3v) is 2.28. The molecule has 0 fully saturated rings. The highest BCUT2D eigenvalue weighted by Crippen LogP contribution is 2.29. The Morgan fingerprint density at radius 2 is 1.75 bits per heavy atom. The number of carbonyl (C=O) groups is 1. The summed E-state index contributed by atoms with van der Waals surface area (Å²) in [4.78, 5) is 13.0. The van der Waals surface area contributed by atoms with E-state index in [2.05, 4.69) is 0 Å². The molecule has 0 unspecified atom stereocenters. The number of amides is 1. The molecule has 16 heavy (non-hydrogen) atoms. The maximum absolute atomic E-state index is 12.3. The van der Waals surface area contributed by atoms with Gasteiger partial charge in [-0.15, -0.1) is 0 Å². The van der Waals surface area contributed by atoms with E-state index in [0.29, 0.717) is 6.54 Å². The van der Waals surface area contributed by atoms with E-state index in [4.69, 9.17) is 0 Å². The van der Waals surface area contributed by atoms with Crippen molar-refractivity contribution >= 4 is 5.91 Å². The van der Waals surface area contributed by atoms with E-state index < -0.39 is 11.7 Å². The van der Waals surface area contributed by atoms with Crippen molar-refractivity contribution in [2.45, 2.75) is 13.1 Å². The number of hydrogen-bond donors (Lipinski definition) is 0. The Kier molecular flexibility index (Phi) is 3.57. The monoisotopic (exact) mass is 231 g/mol. The molecule has 0 N–H and O–H groups in total. The molecule has 0 heterocycles. The molecule has 0 aliphatic heterocycles. The van der Waals surface area contributed by atoms with Gasteiger partial charge in [-0.05, 0) is 31.2 Å². The molecule has 0 radical (unpaired) electrons. The fraction of sp³-hybridized carbons (Fsp3) is 0.364. The predicted molar refractivity (Wildman–Crippen MR) is 54.1 cm³/mol. The van der Waals surface area contributed by atoms with Gasteiger partial charge in [-0.2, -0.15) is 13.2 Å². The van der Waals surface area contributed by atoms with Gasteiger partial charge in [0.25, 0.3) is 5.91 Å². The molecule has 0 saturated carbocycles. The van der Waals surface area contributed by atoms with Crippen LogP contribution in [0.3, 0.4) is 0 Å². The molecular weight excluding hydrogens is 219 g/mol. The summed E-state index contributed by atoms with van der Waals surface area (Å²) in [7, 11) is 1.60. The molecule has 0 aromatic heterocycles. The Balaban J connectivity index is 2.91. The van der Waals surface area contributed by atoms with E-state index >= 15 is 0 Å². The number of nitrogens with zero attached hydrogens (tertiary/aromatic N) is 1. The number of rotatable bonds is 2. The minimum atomic E-state index is -4.36. The van der Waals surface area contributed by atoms with E-state index in [0.717, 1.165) is 12.1 Å². The van der Waals surface area contributed by atoms with Gasteiger partial charge in [0.2, 0.25) is 0 Å². The van der Waals surface area contributed by atoms with Crippen LogP contribution in [0.5, 0.6) is 0 Å². The average molecular weight is 231 g/mol. The van der Waals surface area contributed by atoms with Gasteiger partial charge in [0.15, 0.2) is 0 Å². The topological polar surface area (TPSA) is 20.3 Å².